The van der Waals surface area contributed by atoms with Crippen LogP contribution in [-0.2, 0) is 11.2 Å². The van der Waals surface area contributed by atoms with Crippen LogP contribution in [0.4, 0.5) is 0 Å². The van der Waals surface area contributed by atoms with E-state index in [0.29, 0.717) is 21.6 Å². The minimum atomic E-state index is -0.913. The van der Waals surface area contributed by atoms with Crippen LogP contribution in [0.1, 0.15) is 17.2 Å². The zero-order valence-electron chi connectivity index (χ0n) is 10.2. The smallest absolute Gasteiger partial charge is 0.312 e. The Kier molecular flexibility index (Phi) is 5.18. The molecule has 6 heteroatoms. The maximum absolute atomic E-state index is 11.5. The number of hydrogen-bond acceptors (Lipinski definition) is 2. The summed E-state index contributed by atoms with van der Waals surface area (Å²) in [4.78, 5) is 15.6. The van der Waals surface area contributed by atoms with Crippen molar-refractivity contribution in [1.82, 2.24) is 4.98 Å². The van der Waals surface area contributed by atoms with Gasteiger partial charge in [-0.25, -0.2) is 0 Å². The van der Waals surface area contributed by atoms with Gasteiger partial charge < -0.3 is 5.11 Å². The molecule has 0 aliphatic rings. The van der Waals surface area contributed by atoms with Gasteiger partial charge in [0, 0.05) is 15.1 Å². The molecule has 1 aromatic heterocycles. The average molecular weight is 420 g/mol. The molecule has 3 nitrogen and oxygen atoms in total. The summed E-state index contributed by atoms with van der Waals surface area (Å²) in [6, 6.07) is 9.21. The molecule has 0 saturated heterocycles. The Bertz CT molecular complexity index is 632. The van der Waals surface area contributed by atoms with Crippen molar-refractivity contribution in [3.63, 3.8) is 0 Å². The van der Waals surface area contributed by atoms with Crippen molar-refractivity contribution in [3.05, 3.63) is 61.8 Å². The SMILES string of the molecule is O=C(O)C(Cc1ccc(Br)cc1)c1ncc(Cl)cc1Br. The van der Waals surface area contributed by atoms with Crippen LogP contribution in [0.5, 0.6) is 0 Å². The van der Waals surface area contributed by atoms with E-state index < -0.39 is 11.9 Å². The summed E-state index contributed by atoms with van der Waals surface area (Å²) in [7, 11) is 0. The van der Waals surface area contributed by atoms with E-state index in [2.05, 4.69) is 36.8 Å². The van der Waals surface area contributed by atoms with Crippen LogP contribution in [0.15, 0.2) is 45.5 Å². The number of benzene rings is 1. The second-order valence-electron chi connectivity index (χ2n) is 4.24. The summed E-state index contributed by atoms with van der Waals surface area (Å²) >= 11 is 12.5. The first-order chi connectivity index (χ1) is 9.47. The first-order valence-corrected chi connectivity index (χ1v) is 7.72. The van der Waals surface area contributed by atoms with Crippen molar-refractivity contribution < 1.29 is 9.90 Å². The van der Waals surface area contributed by atoms with Gasteiger partial charge in [0.15, 0.2) is 0 Å². The fraction of sp³-hybridized carbons (Fsp3) is 0.143. The molecule has 0 aliphatic heterocycles. The highest BCUT2D eigenvalue weighted by molar-refractivity contribution is 9.10. The van der Waals surface area contributed by atoms with Gasteiger partial charge in [0.2, 0.25) is 0 Å². The van der Waals surface area contributed by atoms with Crippen molar-refractivity contribution >= 4 is 49.4 Å². The lowest BCUT2D eigenvalue weighted by molar-refractivity contribution is -0.138. The van der Waals surface area contributed by atoms with Gasteiger partial charge in [-0.05, 0) is 46.1 Å². The maximum atomic E-state index is 11.5. The second kappa shape index (κ2) is 6.70. The van der Waals surface area contributed by atoms with E-state index in [1.54, 1.807) is 6.07 Å². The largest absolute Gasteiger partial charge is 0.481 e. The Morgan fingerprint density at radius 3 is 2.50 bits per heavy atom. The third-order valence-corrected chi connectivity index (χ3v) is 4.19. The van der Waals surface area contributed by atoms with Gasteiger partial charge in [0.1, 0.15) is 5.92 Å². The van der Waals surface area contributed by atoms with E-state index in [-0.39, 0.29) is 0 Å². The molecule has 2 rings (SSSR count). The van der Waals surface area contributed by atoms with E-state index >= 15 is 0 Å². The van der Waals surface area contributed by atoms with Crippen molar-refractivity contribution in [2.45, 2.75) is 12.3 Å². The summed E-state index contributed by atoms with van der Waals surface area (Å²) < 4.78 is 1.56. The normalized spacial score (nSPS) is 12.2. The molecule has 0 saturated carbocycles. The number of aromatic nitrogens is 1. The minimum Gasteiger partial charge on any atom is -0.481 e. The lowest BCUT2D eigenvalue weighted by Gasteiger charge is -2.14. The Labute approximate surface area is 138 Å². The van der Waals surface area contributed by atoms with Crippen LogP contribution < -0.4 is 0 Å². The topological polar surface area (TPSA) is 50.2 Å². The molecule has 0 aliphatic carbocycles. The van der Waals surface area contributed by atoms with E-state index in [4.69, 9.17) is 11.6 Å². The van der Waals surface area contributed by atoms with Gasteiger partial charge >= 0.3 is 5.97 Å². The van der Waals surface area contributed by atoms with E-state index in [9.17, 15) is 9.90 Å². The number of carbonyl (C=O) groups is 1. The molecule has 1 aromatic carbocycles. The molecular formula is C14H10Br2ClNO2. The zero-order valence-corrected chi connectivity index (χ0v) is 14.1. The molecular weight excluding hydrogens is 409 g/mol. The summed E-state index contributed by atoms with van der Waals surface area (Å²) in [5, 5.41) is 9.90. The molecule has 1 N–H and O–H groups in total. The summed E-state index contributed by atoms with van der Waals surface area (Å²) in [6.45, 7) is 0. The van der Waals surface area contributed by atoms with Crippen LogP contribution in [-0.4, -0.2) is 16.1 Å². The highest BCUT2D eigenvalue weighted by atomic mass is 79.9. The second-order valence-corrected chi connectivity index (χ2v) is 6.45. The molecule has 0 bridgehead atoms. The molecule has 0 fully saturated rings. The quantitative estimate of drug-likeness (QED) is 0.784. The first-order valence-electron chi connectivity index (χ1n) is 5.75. The van der Waals surface area contributed by atoms with Crippen LogP contribution in [0, 0.1) is 0 Å². The van der Waals surface area contributed by atoms with Crippen molar-refractivity contribution in [3.8, 4) is 0 Å². The van der Waals surface area contributed by atoms with Crippen molar-refractivity contribution in [2.24, 2.45) is 0 Å². The molecule has 2 aromatic rings. The molecule has 0 amide bonds. The predicted molar refractivity (Wildman–Crippen MR) is 85.2 cm³/mol. The molecule has 1 atom stereocenters. The van der Waals surface area contributed by atoms with Crippen LogP contribution in [0.3, 0.4) is 0 Å². The molecule has 104 valence electrons. The van der Waals surface area contributed by atoms with Gasteiger partial charge in [-0.3, -0.25) is 9.78 Å². The number of carboxylic acids is 1. The summed E-state index contributed by atoms with van der Waals surface area (Å²) in [5.74, 6) is -1.63. The van der Waals surface area contributed by atoms with Crippen molar-refractivity contribution in [1.29, 1.82) is 0 Å². The van der Waals surface area contributed by atoms with E-state index in [1.165, 1.54) is 6.20 Å². The number of aliphatic carboxylic acids is 1. The van der Waals surface area contributed by atoms with Crippen LogP contribution in [0.2, 0.25) is 5.02 Å². The molecule has 0 radical (unpaired) electrons. The maximum Gasteiger partial charge on any atom is 0.312 e. The van der Waals surface area contributed by atoms with Crippen LogP contribution >= 0.6 is 43.5 Å². The average Bonchev–Trinajstić information content (AvgIpc) is 2.39. The zero-order chi connectivity index (χ0) is 14.7. The molecule has 0 spiro atoms. The summed E-state index contributed by atoms with van der Waals surface area (Å²) in [6.07, 6.45) is 1.83. The highest BCUT2D eigenvalue weighted by Gasteiger charge is 2.24. The van der Waals surface area contributed by atoms with Gasteiger partial charge in [-0.15, -0.1) is 0 Å². The molecule has 1 unspecified atom stereocenters. The lowest BCUT2D eigenvalue weighted by Crippen LogP contribution is -2.16. The lowest BCUT2D eigenvalue weighted by atomic mass is 9.96. The minimum absolute atomic E-state index is 0.371. The van der Waals surface area contributed by atoms with Crippen molar-refractivity contribution in [2.75, 3.05) is 0 Å². The first kappa shape index (κ1) is 15.5. The van der Waals surface area contributed by atoms with Gasteiger partial charge in [-0.1, -0.05) is 39.7 Å². The van der Waals surface area contributed by atoms with E-state index in [0.717, 1.165) is 10.0 Å². The fourth-order valence-electron chi connectivity index (χ4n) is 1.84. The van der Waals surface area contributed by atoms with Gasteiger partial charge in [-0.2, -0.15) is 0 Å². The van der Waals surface area contributed by atoms with Gasteiger partial charge in [0.25, 0.3) is 0 Å². The highest BCUT2D eigenvalue weighted by Crippen LogP contribution is 2.28. The monoisotopic (exact) mass is 417 g/mol. The Hall–Kier alpha value is -0.910. The predicted octanol–water partition coefficient (Wildman–Crippen LogP) is 4.67. The van der Waals surface area contributed by atoms with E-state index in [1.807, 2.05) is 24.3 Å². The number of rotatable bonds is 4. The Balaban J connectivity index is 2.31. The number of carboxylic acid groups (broad SMARTS) is 1. The third kappa shape index (κ3) is 3.81. The number of pyridine rings is 1. The number of nitrogens with zero attached hydrogens (tertiary/aromatic N) is 1. The summed E-state index contributed by atoms with van der Waals surface area (Å²) in [5.41, 5.74) is 1.41. The standard InChI is InChI=1S/C14H10Br2ClNO2/c15-9-3-1-8(2-4-9)5-11(14(19)20)13-12(16)6-10(17)7-18-13/h1-4,6-7,11H,5H2,(H,19,20). The Morgan fingerprint density at radius 2 is 1.95 bits per heavy atom. The fourth-order valence-corrected chi connectivity index (χ4v) is 3.02. The molecule has 20 heavy (non-hydrogen) atoms. The number of hydrogen-bond donors (Lipinski definition) is 1. The number of halogens is 3. The van der Waals surface area contributed by atoms with Gasteiger partial charge in [0.05, 0.1) is 10.7 Å². The third-order valence-electron chi connectivity index (χ3n) is 2.82. The molecule has 1 heterocycles. The Morgan fingerprint density at radius 1 is 1.30 bits per heavy atom. The van der Waals surface area contributed by atoms with Crippen LogP contribution in [0.25, 0.3) is 0 Å².